The van der Waals surface area contributed by atoms with Crippen LogP contribution in [-0.2, 0) is 10.0 Å². The van der Waals surface area contributed by atoms with E-state index in [-0.39, 0.29) is 17.3 Å². The summed E-state index contributed by atoms with van der Waals surface area (Å²) in [6.45, 7) is 8.64. The minimum Gasteiger partial charge on any atom is -0.339 e. The van der Waals surface area contributed by atoms with Crippen molar-refractivity contribution >= 4 is 15.9 Å². The van der Waals surface area contributed by atoms with Crippen molar-refractivity contribution in [1.29, 1.82) is 0 Å². The van der Waals surface area contributed by atoms with Crippen molar-refractivity contribution in [1.82, 2.24) is 9.62 Å². The number of nitrogens with two attached hydrogens (primary N) is 1. The van der Waals surface area contributed by atoms with Gasteiger partial charge in [-0.15, -0.1) is 0 Å². The van der Waals surface area contributed by atoms with E-state index in [1.807, 2.05) is 13.8 Å². The number of carbonyl (C=O) groups excluding carboxylic acids is 1. The summed E-state index contributed by atoms with van der Waals surface area (Å²) in [7, 11) is -3.66. The summed E-state index contributed by atoms with van der Waals surface area (Å²) in [6.07, 6.45) is 0. The van der Waals surface area contributed by atoms with Gasteiger partial charge in [-0.05, 0) is 52.0 Å². The SMILES string of the molecule is CCN(CC)C(=O)c1ccc(S(=O)(=O)NC(C)(C)CN)cc1. The summed E-state index contributed by atoms with van der Waals surface area (Å²) < 4.78 is 27.1. The molecule has 0 unspecified atom stereocenters. The Bertz CT molecular complexity index is 605. The maximum Gasteiger partial charge on any atom is 0.253 e. The Labute approximate surface area is 132 Å². The van der Waals surface area contributed by atoms with E-state index < -0.39 is 15.6 Å². The number of carbonyl (C=O) groups is 1. The molecule has 0 atom stereocenters. The Morgan fingerprint density at radius 2 is 1.68 bits per heavy atom. The standard InChI is InChI=1S/C15H25N3O3S/c1-5-18(6-2)14(19)12-7-9-13(10-8-12)22(20,21)17-15(3,4)11-16/h7-10,17H,5-6,11,16H2,1-4H3. The van der Waals surface area contributed by atoms with Crippen LogP contribution in [0.1, 0.15) is 38.1 Å². The number of nitrogens with one attached hydrogen (secondary N) is 1. The summed E-state index contributed by atoms with van der Waals surface area (Å²) in [5.41, 5.74) is 5.29. The smallest absolute Gasteiger partial charge is 0.253 e. The van der Waals surface area contributed by atoms with E-state index in [2.05, 4.69) is 4.72 Å². The van der Waals surface area contributed by atoms with Crippen molar-refractivity contribution in [2.45, 2.75) is 38.1 Å². The third-order valence-corrected chi connectivity index (χ3v) is 5.10. The molecule has 6 nitrogen and oxygen atoms in total. The van der Waals surface area contributed by atoms with Gasteiger partial charge in [0.1, 0.15) is 0 Å². The Kier molecular flexibility index (Phi) is 6.10. The molecule has 7 heteroatoms. The predicted octanol–water partition coefficient (Wildman–Crippen LogP) is 1.18. The van der Waals surface area contributed by atoms with Crippen LogP contribution in [0, 0.1) is 0 Å². The van der Waals surface area contributed by atoms with Gasteiger partial charge >= 0.3 is 0 Å². The van der Waals surface area contributed by atoms with Crippen LogP contribution in [0.15, 0.2) is 29.2 Å². The van der Waals surface area contributed by atoms with E-state index in [0.29, 0.717) is 18.7 Å². The van der Waals surface area contributed by atoms with Crippen LogP contribution >= 0.6 is 0 Å². The highest BCUT2D eigenvalue weighted by Gasteiger charge is 2.25. The molecule has 0 spiro atoms. The fraction of sp³-hybridized carbons (Fsp3) is 0.533. The summed E-state index contributed by atoms with van der Waals surface area (Å²) in [5.74, 6) is -0.107. The Morgan fingerprint density at radius 3 is 2.09 bits per heavy atom. The molecule has 0 saturated carbocycles. The van der Waals surface area contributed by atoms with E-state index in [1.54, 1.807) is 18.7 Å². The predicted molar refractivity (Wildman–Crippen MR) is 87.1 cm³/mol. The zero-order valence-electron chi connectivity index (χ0n) is 13.6. The zero-order valence-corrected chi connectivity index (χ0v) is 14.4. The van der Waals surface area contributed by atoms with Crippen LogP contribution in [0.4, 0.5) is 0 Å². The van der Waals surface area contributed by atoms with Crippen LogP contribution in [0.3, 0.4) is 0 Å². The van der Waals surface area contributed by atoms with Gasteiger partial charge in [-0.3, -0.25) is 4.79 Å². The zero-order chi connectivity index (χ0) is 17.0. The number of hydrogen-bond acceptors (Lipinski definition) is 4. The maximum atomic E-state index is 12.3. The number of hydrogen-bond donors (Lipinski definition) is 2. The molecule has 0 aliphatic carbocycles. The van der Waals surface area contributed by atoms with E-state index in [9.17, 15) is 13.2 Å². The lowest BCUT2D eigenvalue weighted by molar-refractivity contribution is 0.0773. The molecule has 0 aromatic heterocycles. The van der Waals surface area contributed by atoms with Crippen LogP contribution in [0.5, 0.6) is 0 Å². The van der Waals surface area contributed by atoms with Gasteiger partial charge in [0.15, 0.2) is 0 Å². The first-order valence-electron chi connectivity index (χ1n) is 7.30. The molecule has 0 fully saturated rings. The molecule has 3 N–H and O–H groups in total. The van der Waals surface area contributed by atoms with Crippen LogP contribution in [0.2, 0.25) is 0 Å². The van der Waals surface area contributed by atoms with E-state index >= 15 is 0 Å². The molecule has 1 rings (SSSR count). The average molecular weight is 327 g/mol. The van der Waals surface area contributed by atoms with Crippen molar-refractivity contribution in [3.8, 4) is 0 Å². The van der Waals surface area contributed by atoms with Gasteiger partial charge in [0.05, 0.1) is 4.90 Å². The summed E-state index contributed by atoms with van der Waals surface area (Å²) in [4.78, 5) is 14.0. The molecule has 0 radical (unpaired) electrons. The summed E-state index contributed by atoms with van der Waals surface area (Å²) in [5, 5.41) is 0. The average Bonchev–Trinajstić information content (AvgIpc) is 2.47. The molecule has 0 heterocycles. The monoisotopic (exact) mass is 327 g/mol. The lowest BCUT2D eigenvalue weighted by Gasteiger charge is -2.24. The maximum absolute atomic E-state index is 12.3. The summed E-state index contributed by atoms with van der Waals surface area (Å²) >= 11 is 0. The van der Waals surface area contributed by atoms with Crippen LogP contribution in [-0.4, -0.2) is 44.4 Å². The number of sulfonamides is 1. The Balaban J connectivity index is 3.00. The molecule has 1 amide bonds. The fourth-order valence-electron chi connectivity index (χ4n) is 1.93. The molecular formula is C15H25N3O3S. The number of nitrogens with zero attached hydrogens (tertiary/aromatic N) is 1. The molecule has 1 aromatic rings. The highest BCUT2D eigenvalue weighted by molar-refractivity contribution is 7.89. The van der Waals surface area contributed by atoms with E-state index in [1.165, 1.54) is 24.3 Å². The van der Waals surface area contributed by atoms with Crippen molar-refractivity contribution in [2.24, 2.45) is 5.73 Å². The topological polar surface area (TPSA) is 92.5 Å². The van der Waals surface area contributed by atoms with Crippen molar-refractivity contribution in [3.63, 3.8) is 0 Å². The first kappa shape index (κ1) is 18.6. The first-order valence-corrected chi connectivity index (χ1v) is 8.78. The third-order valence-electron chi connectivity index (χ3n) is 3.38. The minimum atomic E-state index is -3.66. The lowest BCUT2D eigenvalue weighted by atomic mass is 10.1. The van der Waals surface area contributed by atoms with Gasteiger partial charge in [0, 0.05) is 30.7 Å². The molecule has 1 aromatic carbocycles. The molecular weight excluding hydrogens is 302 g/mol. The van der Waals surface area contributed by atoms with Crippen LogP contribution < -0.4 is 10.5 Å². The molecule has 0 saturated heterocycles. The number of amides is 1. The van der Waals surface area contributed by atoms with Gasteiger partial charge in [-0.25, -0.2) is 13.1 Å². The molecule has 124 valence electrons. The van der Waals surface area contributed by atoms with Crippen LogP contribution in [0.25, 0.3) is 0 Å². The number of rotatable bonds is 7. The second-order valence-corrected chi connectivity index (χ2v) is 7.38. The number of benzene rings is 1. The van der Waals surface area contributed by atoms with Gasteiger partial charge in [0.2, 0.25) is 10.0 Å². The lowest BCUT2D eigenvalue weighted by Crippen LogP contribution is -2.48. The van der Waals surface area contributed by atoms with E-state index in [4.69, 9.17) is 5.73 Å². The first-order chi connectivity index (χ1) is 10.2. The molecule has 0 aliphatic rings. The Hall–Kier alpha value is -1.44. The largest absolute Gasteiger partial charge is 0.339 e. The highest BCUT2D eigenvalue weighted by atomic mass is 32.2. The van der Waals surface area contributed by atoms with Crippen molar-refractivity contribution in [2.75, 3.05) is 19.6 Å². The van der Waals surface area contributed by atoms with Gasteiger partial charge < -0.3 is 10.6 Å². The molecule has 0 bridgehead atoms. The minimum absolute atomic E-state index is 0.107. The van der Waals surface area contributed by atoms with Crippen molar-refractivity contribution < 1.29 is 13.2 Å². The third kappa shape index (κ3) is 4.53. The molecule has 22 heavy (non-hydrogen) atoms. The second-order valence-electron chi connectivity index (χ2n) is 5.70. The normalized spacial score (nSPS) is 12.2. The second kappa shape index (κ2) is 7.21. The Morgan fingerprint density at radius 1 is 1.18 bits per heavy atom. The van der Waals surface area contributed by atoms with Gasteiger partial charge in [0.25, 0.3) is 5.91 Å². The van der Waals surface area contributed by atoms with Gasteiger partial charge in [-0.2, -0.15) is 0 Å². The molecule has 0 aliphatic heterocycles. The van der Waals surface area contributed by atoms with Crippen molar-refractivity contribution in [3.05, 3.63) is 29.8 Å². The summed E-state index contributed by atoms with van der Waals surface area (Å²) in [6, 6.07) is 5.94. The quantitative estimate of drug-likeness (QED) is 0.786. The van der Waals surface area contributed by atoms with E-state index in [0.717, 1.165) is 0 Å². The highest BCUT2D eigenvalue weighted by Crippen LogP contribution is 2.15. The fourth-order valence-corrected chi connectivity index (χ4v) is 3.36. The van der Waals surface area contributed by atoms with Gasteiger partial charge in [-0.1, -0.05) is 0 Å².